The van der Waals surface area contributed by atoms with Crippen molar-refractivity contribution in [1.29, 1.82) is 0 Å². The summed E-state index contributed by atoms with van der Waals surface area (Å²) in [6.45, 7) is 6.31. The molecular formula is C23H30F2N4O4S. The van der Waals surface area contributed by atoms with E-state index in [-0.39, 0.29) is 11.6 Å². The Labute approximate surface area is 198 Å². The molecule has 1 aromatic heterocycles. The molecule has 8 nitrogen and oxygen atoms in total. The van der Waals surface area contributed by atoms with Gasteiger partial charge in [0.05, 0.1) is 11.9 Å². The molecule has 1 aliphatic heterocycles. The molecule has 186 valence electrons. The zero-order chi connectivity index (χ0) is 24.8. The van der Waals surface area contributed by atoms with Gasteiger partial charge in [0.25, 0.3) is 10.0 Å². The van der Waals surface area contributed by atoms with Crippen LogP contribution in [0.4, 0.5) is 13.6 Å². The number of ether oxygens (including phenoxy) is 1. The van der Waals surface area contributed by atoms with Crippen molar-refractivity contribution >= 4 is 16.1 Å². The number of fused-ring (bicyclic) bond motifs is 1. The highest BCUT2D eigenvalue weighted by molar-refractivity contribution is 7.89. The van der Waals surface area contributed by atoms with E-state index in [0.717, 1.165) is 28.0 Å². The normalized spacial score (nSPS) is 23.5. The van der Waals surface area contributed by atoms with Gasteiger partial charge in [0.15, 0.2) is 0 Å². The second kappa shape index (κ2) is 8.92. The summed E-state index contributed by atoms with van der Waals surface area (Å²) in [5, 5.41) is 7.10. The molecule has 1 saturated carbocycles. The van der Waals surface area contributed by atoms with E-state index in [1.165, 1.54) is 12.3 Å². The molecule has 0 saturated heterocycles. The predicted octanol–water partition coefficient (Wildman–Crippen LogP) is 3.51. The highest BCUT2D eigenvalue weighted by Crippen LogP contribution is 2.39. The number of nitrogens with one attached hydrogen (secondary N) is 1. The summed E-state index contributed by atoms with van der Waals surface area (Å²) in [5.41, 5.74) is 1.11. The SMILES string of the molecule is CC(C)(C)OC(=O)N[C@H]1C[C@H](N2Cc3cn(S(C)(=O)=O)nc3C2)CC[C@@H]1c1cc(F)ccc1F. The molecule has 0 radical (unpaired) electrons. The Bertz CT molecular complexity index is 1170. The first-order valence-electron chi connectivity index (χ1n) is 11.3. The molecule has 2 aromatic rings. The number of aromatic nitrogens is 2. The van der Waals surface area contributed by atoms with E-state index in [1.807, 2.05) is 0 Å². The number of rotatable bonds is 4. The summed E-state index contributed by atoms with van der Waals surface area (Å²) in [5.74, 6) is -1.43. The van der Waals surface area contributed by atoms with Gasteiger partial charge in [-0.1, -0.05) is 0 Å². The third kappa shape index (κ3) is 5.41. The van der Waals surface area contributed by atoms with Gasteiger partial charge in [-0.25, -0.2) is 22.0 Å². The van der Waals surface area contributed by atoms with E-state index >= 15 is 0 Å². The Morgan fingerprint density at radius 1 is 1.21 bits per heavy atom. The van der Waals surface area contributed by atoms with Crippen LogP contribution < -0.4 is 5.32 Å². The van der Waals surface area contributed by atoms with Crippen LogP contribution in [0.25, 0.3) is 0 Å². The van der Waals surface area contributed by atoms with Crippen molar-refractivity contribution in [3.63, 3.8) is 0 Å². The average Bonchev–Trinajstić information content (AvgIpc) is 3.28. The topological polar surface area (TPSA) is 93.5 Å². The number of carbonyl (C=O) groups excluding carboxylic acids is 1. The molecule has 1 fully saturated rings. The smallest absolute Gasteiger partial charge is 0.407 e. The fraction of sp³-hybridized carbons (Fsp3) is 0.565. The molecule has 3 atom stereocenters. The van der Waals surface area contributed by atoms with E-state index < -0.39 is 45.3 Å². The number of alkyl carbamates (subject to hydrolysis) is 1. The van der Waals surface area contributed by atoms with Crippen molar-refractivity contribution in [2.45, 2.75) is 76.7 Å². The maximum absolute atomic E-state index is 14.6. The fourth-order valence-electron chi connectivity index (χ4n) is 4.85. The number of amides is 1. The molecule has 0 bridgehead atoms. The minimum Gasteiger partial charge on any atom is -0.444 e. The third-order valence-electron chi connectivity index (χ3n) is 6.32. The van der Waals surface area contributed by atoms with Crippen molar-refractivity contribution in [3.8, 4) is 0 Å². The largest absolute Gasteiger partial charge is 0.444 e. The van der Waals surface area contributed by atoms with Gasteiger partial charge in [-0.2, -0.15) is 9.19 Å². The number of hydrogen-bond donors (Lipinski definition) is 1. The van der Waals surface area contributed by atoms with Crippen molar-refractivity contribution in [1.82, 2.24) is 19.4 Å². The summed E-state index contributed by atoms with van der Waals surface area (Å²) in [7, 11) is -3.45. The summed E-state index contributed by atoms with van der Waals surface area (Å²) in [4.78, 5) is 14.8. The molecule has 11 heteroatoms. The molecule has 1 aromatic carbocycles. The fourth-order valence-corrected chi connectivity index (χ4v) is 5.42. The van der Waals surface area contributed by atoms with Crippen LogP contribution >= 0.6 is 0 Å². The Balaban J connectivity index is 1.53. The number of halogens is 2. The van der Waals surface area contributed by atoms with E-state index in [0.29, 0.717) is 38.0 Å². The van der Waals surface area contributed by atoms with Gasteiger partial charge in [0, 0.05) is 42.9 Å². The molecular weight excluding hydrogens is 466 g/mol. The van der Waals surface area contributed by atoms with Gasteiger partial charge in [0.1, 0.15) is 17.2 Å². The van der Waals surface area contributed by atoms with Crippen LogP contribution in [0, 0.1) is 11.6 Å². The maximum Gasteiger partial charge on any atom is 0.407 e. The number of nitrogens with zero attached hydrogens (tertiary/aromatic N) is 3. The first kappa shape index (κ1) is 24.6. The summed E-state index contributed by atoms with van der Waals surface area (Å²) >= 11 is 0. The van der Waals surface area contributed by atoms with Crippen LogP contribution in [0.5, 0.6) is 0 Å². The van der Waals surface area contributed by atoms with Crippen molar-refractivity contribution in [2.75, 3.05) is 6.26 Å². The zero-order valence-corrected chi connectivity index (χ0v) is 20.5. The summed E-state index contributed by atoms with van der Waals surface area (Å²) in [6.07, 6.45) is 3.80. The van der Waals surface area contributed by atoms with Gasteiger partial charge < -0.3 is 10.1 Å². The molecule has 0 spiro atoms. The second-order valence-corrected chi connectivity index (χ2v) is 12.0. The lowest BCUT2D eigenvalue weighted by Crippen LogP contribution is -2.49. The Kier molecular flexibility index (Phi) is 6.45. The van der Waals surface area contributed by atoms with Gasteiger partial charge in [-0.05, 0) is 63.8 Å². The minimum atomic E-state index is -3.45. The minimum absolute atomic E-state index is 0.0497. The molecule has 2 aliphatic rings. The highest BCUT2D eigenvalue weighted by atomic mass is 32.2. The molecule has 34 heavy (non-hydrogen) atoms. The maximum atomic E-state index is 14.6. The van der Waals surface area contributed by atoms with Gasteiger partial charge in [-0.15, -0.1) is 0 Å². The zero-order valence-electron chi connectivity index (χ0n) is 19.7. The molecule has 0 unspecified atom stereocenters. The van der Waals surface area contributed by atoms with Crippen LogP contribution in [-0.4, -0.2) is 52.5 Å². The van der Waals surface area contributed by atoms with Crippen LogP contribution in [0.1, 0.15) is 62.8 Å². The monoisotopic (exact) mass is 496 g/mol. The standard InChI is InChI=1S/C23H30F2N4O4S/c1-23(2,3)33-22(30)26-20-10-16(6-7-17(20)18-9-15(24)5-8-19(18)25)28-11-14-12-29(34(4,31)32)27-21(14)13-28/h5,8-9,12,16-17,20H,6-7,10-11,13H2,1-4H3,(H,26,30)/t16-,17-,20+/m1/s1. The average molecular weight is 497 g/mol. The van der Waals surface area contributed by atoms with Crippen molar-refractivity contribution < 1.29 is 26.7 Å². The second-order valence-electron chi connectivity index (χ2n) is 10.1. The van der Waals surface area contributed by atoms with E-state index in [9.17, 15) is 22.0 Å². The molecule has 4 rings (SSSR count). The van der Waals surface area contributed by atoms with Gasteiger partial charge in [0.2, 0.25) is 0 Å². The number of benzene rings is 1. The van der Waals surface area contributed by atoms with Crippen molar-refractivity contribution in [3.05, 3.63) is 52.9 Å². The molecule has 2 heterocycles. The number of carbonyl (C=O) groups is 1. The lowest BCUT2D eigenvalue weighted by atomic mass is 9.77. The summed E-state index contributed by atoms with van der Waals surface area (Å²) in [6, 6.07) is 2.98. The van der Waals surface area contributed by atoms with E-state index in [1.54, 1.807) is 20.8 Å². The van der Waals surface area contributed by atoms with E-state index in [4.69, 9.17) is 4.74 Å². The van der Waals surface area contributed by atoms with Crippen molar-refractivity contribution in [2.24, 2.45) is 0 Å². The van der Waals surface area contributed by atoms with Crippen LogP contribution in [0.3, 0.4) is 0 Å². The summed E-state index contributed by atoms with van der Waals surface area (Å²) < 4.78 is 58.5. The third-order valence-corrected chi connectivity index (χ3v) is 7.19. The van der Waals surface area contributed by atoms with E-state index in [2.05, 4.69) is 15.3 Å². The first-order chi connectivity index (χ1) is 15.8. The quantitative estimate of drug-likeness (QED) is 0.696. The molecule has 1 N–H and O–H groups in total. The Hall–Kier alpha value is -2.53. The Morgan fingerprint density at radius 3 is 2.59 bits per heavy atom. The Morgan fingerprint density at radius 2 is 1.94 bits per heavy atom. The van der Waals surface area contributed by atoms with Crippen LogP contribution in [-0.2, 0) is 27.8 Å². The molecule has 1 aliphatic carbocycles. The van der Waals surface area contributed by atoms with Gasteiger partial charge in [-0.3, -0.25) is 4.90 Å². The van der Waals surface area contributed by atoms with Crippen LogP contribution in [0.15, 0.2) is 24.4 Å². The first-order valence-corrected chi connectivity index (χ1v) is 13.1. The predicted molar refractivity (Wildman–Crippen MR) is 122 cm³/mol. The molecule has 1 amide bonds. The lowest BCUT2D eigenvalue weighted by molar-refractivity contribution is 0.0450. The van der Waals surface area contributed by atoms with Gasteiger partial charge >= 0.3 is 6.09 Å². The van der Waals surface area contributed by atoms with Crippen LogP contribution in [0.2, 0.25) is 0 Å². The number of hydrogen-bond acceptors (Lipinski definition) is 6. The lowest BCUT2D eigenvalue weighted by Gasteiger charge is -2.40. The highest BCUT2D eigenvalue weighted by Gasteiger charge is 2.39.